The largest absolute Gasteiger partial charge is 0.324 e. The minimum Gasteiger partial charge on any atom is -0.324 e. The monoisotopic (exact) mass is 235 g/mol. The van der Waals surface area contributed by atoms with Gasteiger partial charge in [-0.25, -0.2) is 0 Å². The average molecular weight is 235 g/mol. The molecule has 0 saturated carbocycles. The predicted molar refractivity (Wildman–Crippen MR) is 71.8 cm³/mol. The maximum Gasteiger partial charge on any atom is 0.0294 e. The standard InChI is InChI=1S/C14H21NS/c15-14(10-12-8-9-16-11-12)13-6-4-2-1-3-5-7-13/h6,8-9,11,14H,1-5,7,10,15H2/b13-6+. The molecule has 1 atom stereocenters. The molecule has 0 saturated heterocycles. The van der Waals surface area contributed by atoms with Gasteiger partial charge in [0.25, 0.3) is 0 Å². The summed E-state index contributed by atoms with van der Waals surface area (Å²) >= 11 is 1.76. The van der Waals surface area contributed by atoms with Gasteiger partial charge in [-0.15, -0.1) is 0 Å². The van der Waals surface area contributed by atoms with E-state index < -0.39 is 0 Å². The first-order valence-electron chi connectivity index (χ1n) is 6.32. The van der Waals surface area contributed by atoms with Crippen molar-refractivity contribution in [2.45, 2.75) is 51.0 Å². The Morgan fingerprint density at radius 1 is 1.25 bits per heavy atom. The highest BCUT2D eigenvalue weighted by Crippen LogP contribution is 2.21. The van der Waals surface area contributed by atoms with Gasteiger partial charge in [0.15, 0.2) is 0 Å². The van der Waals surface area contributed by atoms with Gasteiger partial charge in [0.1, 0.15) is 0 Å². The van der Waals surface area contributed by atoms with Crippen molar-refractivity contribution in [1.29, 1.82) is 0 Å². The smallest absolute Gasteiger partial charge is 0.0294 e. The number of thiophene rings is 1. The van der Waals surface area contributed by atoms with Gasteiger partial charge in [-0.2, -0.15) is 11.3 Å². The average Bonchev–Trinajstić information content (AvgIpc) is 2.69. The van der Waals surface area contributed by atoms with Gasteiger partial charge in [-0.05, 0) is 54.5 Å². The van der Waals surface area contributed by atoms with Gasteiger partial charge in [-0.3, -0.25) is 0 Å². The summed E-state index contributed by atoms with van der Waals surface area (Å²) in [4.78, 5) is 0. The summed E-state index contributed by atoms with van der Waals surface area (Å²) in [7, 11) is 0. The molecule has 1 aliphatic carbocycles. The van der Waals surface area contributed by atoms with Crippen LogP contribution in [0.25, 0.3) is 0 Å². The number of rotatable bonds is 3. The van der Waals surface area contributed by atoms with Crippen LogP contribution in [-0.2, 0) is 6.42 Å². The first kappa shape index (κ1) is 11.9. The lowest BCUT2D eigenvalue weighted by Gasteiger charge is -2.18. The minimum absolute atomic E-state index is 0.243. The Morgan fingerprint density at radius 3 is 2.94 bits per heavy atom. The SMILES string of the molecule is NC(Cc1ccsc1)/C1=C/CCCCCC1. The summed E-state index contributed by atoms with van der Waals surface area (Å²) in [5, 5.41) is 4.35. The third-order valence-electron chi connectivity index (χ3n) is 3.34. The van der Waals surface area contributed by atoms with Crippen LogP contribution in [0.3, 0.4) is 0 Å². The lowest BCUT2D eigenvalue weighted by molar-refractivity contribution is 0.595. The maximum absolute atomic E-state index is 6.30. The Kier molecular flexibility index (Phi) is 4.61. The third kappa shape index (κ3) is 3.46. The number of nitrogens with two attached hydrogens (primary N) is 1. The Bertz CT molecular complexity index is 327. The van der Waals surface area contributed by atoms with Crippen molar-refractivity contribution < 1.29 is 0 Å². The van der Waals surface area contributed by atoms with Crippen molar-refractivity contribution in [3.8, 4) is 0 Å². The van der Waals surface area contributed by atoms with Crippen molar-refractivity contribution in [3.05, 3.63) is 34.0 Å². The molecule has 1 aromatic heterocycles. The molecule has 2 heteroatoms. The van der Waals surface area contributed by atoms with Gasteiger partial charge in [0.05, 0.1) is 0 Å². The zero-order valence-corrected chi connectivity index (χ0v) is 10.6. The predicted octanol–water partition coefficient (Wildman–Crippen LogP) is 3.90. The highest BCUT2D eigenvalue weighted by Gasteiger charge is 2.11. The van der Waals surface area contributed by atoms with Crippen molar-refractivity contribution in [2.75, 3.05) is 0 Å². The van der Waals surface area contributed by atoms with Gasteiger partial charge in [0, 0.05) is 6.04 Å². The van der Waals surface area contributed by atoms with E-state index in [1.165, 1.54) is 49.7 Å². The Labute approximate surface area is 102 Å². The van der Waals surface area contributed by atoms with E-state index in [0.29, 0.717) is 0 Å². The zero-order valence-electron chi connectivity index (χ0n) is 9.82. The summed E-state index contributed by atoms with van der Waals surface area (Å²) in [6.07, 6.45) is 11.3. The van der Waals surface area contributed by atoms with E-state index in [2.05, 4.69) is 22.9 Å². The molecule has 2 rings (SSSR count). The summed E-state index contributed by atoms with van der Waals surface area (Å²) in [5.41, 5.74) is 9.18. The minimum atomic E-state index is 0.243. The van der Waals surface area contributed by atoms with E-state index >= 15 is 0 Å². The molecule has 1 aliphatic rings. The molecule has 1 aromatic rings. The van der Waals surface area contributed by atoms with Gasteiger partial charge >= 0.3 is 0 Å². The summed E-state index contributed by atoms with van der Waals surface area (Å²) in [6.45, 7) is 0. The molecule has 2 N–H and O–H groups in total. The second-order valence-electron chi connectivity index (χ2n) is 4.67. The fourth-order valence-corrected chi connectivity index (χ4v) is 3.03. The van der Waals surface area contributed by atoms with E-state index in [9.17, 15) is 0 Å². The fourth-order valence-electron chi connectivity index (χ4n) is 2.35. The number of allylic oxidation sites excluding steroid dienone is 1. The van der Waals surface area contributed by atoms with Crippen LogP contribution in [0.5, 0.6) is 0 Å². The van der Waals surface area contributed by atoms with E-state index in [4.69, 9.17) is 5.73 Å². The quantitative estimate of drug-likeness (QED) is 0.790. The molecule has 0 aliphatic heterocycles. The van der Waals surface area contributed by atoms with Crippen LogP contribution < -0.4 is 5.73 Å². The second kappa shape index (κ2) is 6.21. The lowest BCUT2D eigenvalue weighted by Crippen LogP contribution is -2.25. The highest BCUT2D eigenvalue weighted by atomic mass is 32.1. The molecular weight excluding hydrogens is 214 g/mol. The van der Waals surface area contributed by atoms with Crippen molar-refractivity contribution in [2.24, 2.45) is 5.73 Å². The summed E-state index contributed by atoms with van der Waals surface area (Å²) in [5.74, 6) is 0. The molecule has 0 radical (unpaired) electrons. The highest BCUT2D eigenvalue weighted by molar-refractivity contribution is 7.07. The normalized spacial score (nSPS) is 22.9. The second-order valence-corrected chi connectivity index (χ2v) is 5.45. The summed E-state index contributed by atoms with van der Waals surface area (Å²) < 4.78 is 0. The van der Waals surface area contributed by atoms with Crippen LogP contribution in [0, 0.1) is 0 Å². The molecule has 0 fully saturated rings. The molecule has 0 bridgehead atoms. The van der Waals surface area contributed by atoms with E-state index in [1.54, 1.807) is 11.3 Å². The van der Waals surface area contributed by atoms with Gasteiger partial charge in [-0.1, -0.05) is 24.5 Å². The van der Waals surface area contributed by atoms with Crippen LogP contribution in [-0.4, -0.2) is 6.04 Å². The van der Waals surface area contributed by atoms with Crippen LogP contribution in [0.2, 0.25) is 0 Å². The molecule has 1 heterocycles. The van der Waals surface area contributed by atoms with E-state index in [0.717, 1.165) is 6.42 Å². The molecule has 0 spiro atoms. The molecule has 88 valence electrons. The molecule has 1 unspecified atom stereocenters. The van der Waals surface area contributed by atoms with E-state index in [1.807, 2.05) is 0 Å². The Morgan fingerprint density at radius 2 is 2.12 bits per heavy atom. The summed E-state index contributed by atoms with van der Waals surface area (Å²) in [6, 6.07) is 2.43. The van der Waals surface area contributed by atoms with Crippen LogP contribution in [0.15, 0.2) is 28.5 Å². The zero-order chi connectivity index (χ0) is 11.2. The molecule has 16 heavy (non-hydrogen) atoms. The molecular formula is C14H21NS. The Balaban J connectivity index is 1.94. The molecule has 1 nitrogen and oxygen atoms in total. The van der Waals surface area contributed by atoms with Gasteiger partial charge in [0.2, 0.25) is 0 Å². The third-order valence-corrected chi connectivity index (χ3v) is 4.07. The maximum atomic E-state index is 6.30. The number of hydrogen-bond donors (Lipinski definition) is 1. The number of hydrogen-bond acceptors (Lipinski definition) is 2. The van der Waals surface area contributed by atoms with Crippen LogP contribution >= 0.6 is 11.3 Å². The van der Waals surface area contributed by atoms with Crippen molar-refractivity contribution >= 4 is 11.3 Å². The topological polar surface area (TPSA) is 26.0 Å². The first-order chi connectivity index (χ1) is 7.86. The molecule has 0 aromatic carbocycles. The van der Waals surface area contributed by atoms with Crippen LogP contribution in [0.1, 0.15) is 44.1 Å². The lowest BCUT2D eigenvalue weighted by atomic mass is 9.92. The first-order valence-corrected chi connectivity index (χ1v) is 7.26. The fraction of sp³-hybridized carbons (Fsp3) is 0.571. The van der Waals surface area contributed by atoms with Crippen LogP contribution in [0.4, 0.5) is 0 Å². The molecule has 0 amide bonds. The van der Waals surface area contributed by atoms with E-state index in [-0.39, 0.29) is 6.04 Å². The van der Waals surface area contributed by atoms with Crippen molar-refractivity contribution in [3.63, 3.8) is 0 Å². The Hall–Kier alpha value is -0.600. The van der Waals surface area contributed by atoms with Gasteiger partial charge < -0.3 is 5.73 Å². The van der Waals surface area contributed by atoms with Crippen molar-refractivity contribution in [1.82, 2.24) is 0 Å².